The van der Waals surface area contributed by atoms with E-state index in [2.05, 4.69) is 32.5 Å². The maximum atomic E-state index is 12.8. The minimum atomic E-state index is -3.22. The van der Waals surface area contributed by atoms with E-state index in [1.807, 2.05) is 0 Å². The Morgan fingerprint density at radius 1 is 1.23 bits per heavy atom. The number of urea groups is 1. The lowest BCUT2D eigenvalue weighted by Gasteiger charge is -2.19. The lowest BCUT2D eigenvalue weighted by Crippen LogP contribution is -2.43. The molecule has 0 aromatic carbocycles. The van der Waals surface area contributed by atoms with Crippen molar-refractivity contribution in [3.8, 4) is 0 Å². The van der Waals surface area contributed by atoms with E-state index in [9.17, 15) is 13.2 Å². The first-order valence-corrected chi connectivity index (χ1v) is 11.9. The molecule has 3 aliphatic carbocycles. The molecule has 0 atom stereocenters. The van der Waals surface area contributed by atoms with Gasteiger partial charge in [0.15, 0.2) is 9.84 Å². The molecule has 0 aromatic heterocycles. The van der Waals surface area contributed by atoms with E-state index in [4.69, 9.17) is 11.5 Å². The Hall–Kier alpha value is -2.82. The highest BCUT2D eigenvalue weighted by Gasteiger charge is 2.61. The van der Waals surface area contributed by atoms with E-state index in [1.54, 1.807) is 19.2 Å². The smallest absolute Gasteiger partial charge is 0.321 e. The number of nitrogens with one attached hydrogen (secondary N) is 3. The summed E-state index contributed by atoms with van der Waals surface area (Å²) in [6.45, 7) is 3.89. The number of hydrogen-bond donors (Lipinski definition) is 5. The topological polar surface area (TPSA) is 164 Å². The Kier molecular flexibility index (Phi) is 6.73. The second kappa shape index (κ2) is 9.13. The summed E-state index contributed by atoms with van der Waals surface area (Å²) >= 11 is 0. The van der Waals surface area contributed by atoms with Crippen molar-refractivity contribution in [2.75, 3.05) is 13.6 Å². The predicted molar refractivity (Wildman–Crippen MR) is 122 cm³/mol. The van der Waals surface area contributed by atoms with E-state index in [0.29, 0.717) is 24.1 Å². The fourth-order valence-electron chi connectivity index (χ4n) is 3.23. The molecular weight excluding hydrogens is 418 g/mol. The number of nitrogens with zero attached hydrogens (tertiary/aromatic N) is 2. The normalized spacial score (nSPS) is 22.0. The quantitative estimate of drug-likeness (QED) is 0.184. The van der Waals surface area contributed by atoms with E-state index in [1.165, 1.54) is 6.20 Å². The molecule has 3 fully saturated rings. The third kappa shape index (κ3) is 5.66. The Labute approximate surface area is 182 Å². The van der Waals surface area contributed by atoms with Gasteiger partial charge in [-0.1, -0.05) is 12.7 Å². The van der Waals surface area contributed by atoms with Gasteiger partial charge in [0.2, 0.25) is 5.96 Å². The molecule has 2 amide bonds. The van der Waals surface area contributed by atoms with Crippen LogP contribution in [0.1, 0.15) is 38.5 Å². The average molecular weight is 450 g/mol. The number of sulfone groups is 1. The van der Waals surface area contributed by atoms with Crippen molar-refractivity contribution in [3.63, 3.8) is 0 Å². The van der Waals surface area contributed by atoms with E-state index >= 15 is 0 Å². The molecule has 3 rings (SSSR count). The number of aliphatic imine (C=N–C) groups is 2. The molecule has 0 aromatic rings. The third-order valence-electron chi connectivity index (χ3n) is 5.49. The third-order valence-corrected chi connectivity index (χ3v) is 8.56. The van der Waals surface area contributed by atoms with Crippen LogP contribution in [0.15, 0.2) is 46.2 Å². The number of guanidine groups is 1. The molecule has 0 aliphatic heterocycles. The molecule has 0 radical (unpaired) electrons. The minimum Gasteiger partial charge on any atom is -0.390 e. The van der Waals surface area contributed by atoms with Crippen LogP contribution in [0.3, 0.4) is 0 Å². The number of amides is 2. The fraction of sp³-hybridized carbons (Fsp3) is 0.550. The Balaban J connectivity index is 1.63. The second-order valence-electron chi connectivity index (χ2n) is 8.08. The molecular formula is C20H31N7O3S. The van der Waals surface area contributed by atoms with Crippen molar-refractivity contribution in [3.05, 3.63) is 36.2 Å². The Morgan fingerprint density at radius 3 is 2.42 bits per heavy atom. The van der Waals surface area contributed by atoms with Crippen molar-refractivity contribution < 1.29 is 13.2 Å². The Morgan fingerprint density at radius 2 is 1.90 bits per heavy atom. The number of hydrogen-bond acceptors (Lipinski definition) is 6. The number of nitrogens with two attached hydrogens (primary N) is 2. The van der Waals surface area contributed by atoms with Crippen molar-refractivity contribution in [1.29, 1.82) is 0 Å². The standard InChI is InChI=1S/C20H31N7O3S/c1-3-13(12-25-18(22)27-19(28)26-14-4-5-14)11-24-17(21)10-16(23-2)20(8-9-20)31(29,30)15-6-7-15/h3,10,12,14-15,23H,1,4-9,11H2,2H3,(H2,21,24)(H4,22,25,26,27,28)/b13-12+,16-10-. The second-order valence-corrected chi connectivity index (χ2v) is 10.6. The van der Waals surface area contributed by atoms with Gasteiger partial charge < -0.3 is 22.1 Å². The molecule has 0 saturated heterocycles. The van der Waals surface area contributed by atoms with Gasteiger partial charge in [-0.2, -0.15) is 0 Å². The lowest BCUT2D eigenvalue weighted by molar-refractivity contribution is 0.245. The first-order valence-electron chi connectivity index (χ1n) is 10.4. The molecule has 3 saturated carbocycles. The molecule has 11 heteroatoms. The van der Waals surface area contributed by atoms with Crippen LogP contribution in [0.2, 0.25) is 0 Å². The highest BCUT2D eigenvalue weighted by Crippen LogP contribution is 2.53. The van der Waals surface area contributed by atoms with Gasteiger partial charge in [0.1, 0.15) is 10.6 Å². The lowest BCUT2D eigenvalue weighted by atomic mass is 10.2. The maximum Gasteiger partial charge on any atom is 0.321 e. The summed E-state index contributed by atoms with van der Waals surface area (Å²) in [7, 11) is -1.52. The van der Waals surface area contributed by atoms with Crippen molar-refractivity contribution in [1.82, 2.24) is 16.0 Å². The fourth-order valence-corrected chi connectivity index (χ4v) is 5.77. The van der Waals surface area contributed by atoms with E-state index in [0.717, 1.165) is 25.7 Å². The molecule has 3 aliphatic rings. The highest BCUT2D eigenvalue weighted by atomic mass is 32.2. The SMILES string of the molecule is C=C/C(=C\N=C(/N)NC(=O)NC1CC1)C/N=C(N)\C=C(/NC)C1(S(=O)(=O)C2CC2)CC1. The number of rotatable bonds is 10. The van der Waals surface area contributed by atoms with Gasteiger partial charge in [0.05, 0.1) is 11.8 Å². The summed E-state index contributed by atoms with van der Waals surface area (Å²) in [5.74, 6) is 0.154. The van der Waals surface area contributed by atoms with Crippen LogP contribution in [-0.2, 0) is 9.84 Å². The van der Waals surface area contributed by atoms with Gasteiger partial charge in [-0.25, -0.2) is 18.2 Å². The Bertz CT molecular complexity index is 953. The van der Waals surface area contributed by atoms with Crippen molar-refractivity contribution in [2.45, 2.75) is 54.6 Å². The van der Waals surface area contributed by atoms with Gasteiger partial charge in [-0.3, -0.25) is 10.3 Å². The van der Waals surface area contributed by atoms with Crippen LogP contribution in [0.4, 0.5) is 4.79 Å². The van der Waals surface area contributed by atoms with Crippen molar-refractivity contribution in [2.24, 2.45) is 21.5 Å². The molecule has 10 nitrogen and oxygen atoms in total. The van der Waals surface area contributed by atoms with Gasteiger partial charge in [0, 0.05) is 31.1 Å². The average Bonchev–Trinajstić information content (AvgIpc) is 3.55. The monoisotopic (exact) mass is 449 g/mol. The van der Waals surface area contributed by atoms with Gasteiger partial charge >= 0.3 is 6.03 Å². The number of amidine groups is 1. The van der Waals surface area contributed by atoms with E-state index < -0.39 is 14.6 Å². The summed E-state index contributed by atoms with van der Waals surface area (Å²) < 4.78 is 24.8. The molecule has 0 spiro atoms. The predicted octanol–water partition coefficient (Wildman–Crippen LogP) is 0.403. The zero-order chi connectivity index (χ0) is 22.6. The van der Waals surface area contributed by atoms with Crippen LogP contribution in [0.5, 0.6) is 0 Å². The largest absolute Gasteiger partial charge is 0.390 e. The van der Waals surface area contributed by atoms with Gasteiger partial charge in [0.25, 0.3) is 0 Å². The van der Waals surface area contributed by atoms with Crippen molar-refractivity contribution >= 4 is 27.7 Å². The summed E-state index contributed by atoms with van der Waals surface area (Å²) in [6.07, 6.45) is 9.20. The van der Waals surface area contributed by atoms with Gasteiger partial charge in [-0.15, -0.1) is 0 Å². The molecule has 0 bridgehead atoms. The summed E-state index contributed by atoms with van der Waals surface area (Å²) in [5.41, 5.74) is 12.9. The summed E-state index contributed by atoms with van der Waals surface area (Å²) in [4.78, 5) is 19.9. The summed E-state index contributed by atoms with van der Waals surface area (Å²) in [5, 5.41) is 7.96. The molecule has 170 valence electrons. The number of carbonyl (C=O) groups excluding carboxylic acids is 1. The first-order chi connectivity index (χ1) is 14.7. The summed E-state index contributed by atoms with van der Waals surface area (Å²) in [6, 6.07) is -0.173. The molecule has 31 heavy (non-hydrogen) atoms. The van der Waals surface area contributed by atoms with E-state index in [-0.39, 0.29) is 35.7 Å². The van der Waals surface area contributed by atoms with Crippen LogP contribution >= 0.6 is 0 Å². The first kappa shape index (κ1) is 22.9. The van der Waals surface area contributed by atoms with Crippen LogP contribution in [-0.4, -0.2) is 55.9 Å². The minimum absolute atomic E-state index is 0.0484. The van der Waals surface area contributed by atoms with Gasteiger partial charge in [-0.05, 0) is 44.1 Å². The molecule has 7 N–H and O–H groups in total. The highest BCUT2D eigenvalue weighted by molar-refractivity contribution is 7.94. The zero-order valence-electron chi connectivity index (χ0n) is 17.7. The molecule has 0 unspecified atom stereocenters. The van der Waals surface area contributed by atoms with Crippen LogP contribution in [0.25, 0.3) is 0 Å². The molecule has 0 heterocycles. The maximum absolute atomic E-state index is 12.8. The zero-order valence-corrected chi connectivity index (χ0v) is 18.5. The number of carbonyl (C=O) groups is 1. The van der Waals surface area contributed by atoms with Crippen LogP contribution < -0.4 is 27.4 Å². The van der Waals surface area contributed by atoms with Crippen LogP contribution in [0, 0.1) is 0 Å².